The van der Waals surface area contributed by atoms with Crippen LogP contribution in [0.15, 0.2) is 41.4 Å². The maximum atomic E-state index is 12.3. The van der Waals surface area contributed by atoms with Crippen molar-refractivity contribution in [2.24, 2.45) is 5.73 Å². The molecule has 120 valence electrons. The number of hydrogen-bond donors (Lipinski definition) is 2. The summed E-state index contributed by atoms with van der Waals surface area (Å²) in [6.07, 6.45) is 1.53. The van der Waals surface area contributed by atoms with Crippen molar-refractivity contribution in [3.63, 3.8) is 0 Å². The number of primary amides is 1. The second-order valence-corrected chi connectivity index (χ2v) is 5.44. The monoisotopic (exact) mass is 332 g/mol. The third kappa shape index (κ3) is 4.10. The largest absolute Gasteiger partial charge is 0.493 e. The minimum Gasteiger partial charge on any atom is -0.493 e. The summed E-state index contributed by atoms with van der Waals surface area (Å²) in [4.78, 5) is 24.6. The lowest BCUT2D eigenvalue weighted by molar-refractivity contribution is -0.114. The summed E-state index contributed by atoms with van der Waals surface area (Å²) in [5.41, 5.74) is 5.66. The summed E-state index contributed by atoms with van der Waals surface area (Å²) in [5, 5.41) is 4.38. The number of nitrogens with two attached hydrogens (primary N) is 1. The van der Waals surface area contributed by atoms with Crippen LogP contribution in [0.3, 0.4) is 0 Å². The Morgan fingerprint density at radius 2 is 1.91 bits per heavy atom. The van der Waals surface area contributed by atoms with Crippen LogP contribution in [0.4, 0.5) is 0 Å². The number of benzene rings is 1. The van der Waals surface area contributed by atoms with Gasteiger partial charge in [-0.1, -0.05) is 6.07 Å². The van der Waals surface area contributed by atoms with E-state index in [4.69, 9.17) is 15.2 Å². The van der Waals surface area contributed by atoms with Crippen LogP contribution in [0.5, 0.6) is 11.5 Å². The molecule has 0 aliphatic rings. The van der Waals surface area contributed by atoms with E-state index in [0.717, 1.165) is 4.88 Å². The molecule has 7 heteroatoms. The van der Waals surface area contributed by atoms with Gasteiger partial charge in [-0.2, -0.15) is 0 Å². The summed E-state index contributed by atoms with van der Waals surface area (Å²) in [5.74, 6) is -0.254. The van der Waals surface area contributed by atoms with Gasteiger partial charge in [0.1, 0.15) is 5.70 Å². The average molecular weight is 332 g/mol. The summed E-state index contributed by atoms with van der Waals surface area (Å²) < 4.78 is 10.3. The van der Waals surface area contributed by atoms with Crippen LogP contribution in [-0.4, -0.2) is 26.0 Å². The Bertz CT molecular complexity index is 739. The van der Waals surface area contributed by atoms with E-state index >= 15 is 0 Å². The van der Waals surface area contributed by atoms with Gasteiger partial charge in [0, 0.05) is 10.4 Å². The molecule has 0 saturated heterocycles. The van der Waals surface area contributed by atoms with Crippen molar-refractivity contribution >= 4 is 29.2 Å². The summed E-state index contributed by atoms with van der Waals surface area (Å²) in [6, 6.07) is 8.36. The number of carbonyl (C=O) groups excluding carboxylic acids is 2. The molecule has 0 spiro atoms. The van der Waals surface area contributed by atoms with Crippen molar-refractivity contribution in [3.05, 3.63) is 51.8 Å². The predicted octanol–water partition coefficient (Wildman–Crippen LogP) is 2.02. The Morgan fingerprint density at radius 3 is 2.48 bits per heavy atom. The first kappa shape index (κ1) is 16.6. The number of methoxy groups -OCH3 is 2. The number of hydrogen-bond acceptors (Lipinski definition) is 5. The first-order valence-electron chi connectivity index (χ1n) is 6.63. The number of amides is 2. The fourth-order valence-corrected chi connectivity index (χ4v) is 2.51. The molecular weight excluding hydrogens is 316 g/mol. The van der Waals surface area contributed by atoms with Crippen molar-refractivity contribution in [1.82, 2.24) is 5.32 Å². The zero-order valence-corrected chi connectivity index (χ0v) is 13.5. The van der Waals surface area contributed by atoms with Gasteiger partial charge in [-0.3, -0.25) is 9.59 Å². The molecule has 23 heavy (non-hydrogen) atoms. The summed E-state index contributed by atoms with van der Waals surface area (Å²) in [7, 11) is 2.98. The zero-order valence-electron chi connectivity index (χ0n) is 12.7. The van der Waals surface area contributed by atoms with E-state index in [2.05, 4.69) is 5.32 Å². The highest BCUT2D eigenvalue weighted by atomic mass is 32.1. The lowest BCUT2D eigenvalue weighted by Crippen LogP contribution is -2.31. The Balaban J connectivity index is 2.24. The maximum Gasteiger partial charge on any atom is 0.265 e. The van der Waals surface area contributed by atoms with Gasteiger partial charge in [-0.15, -0.1) is 11.3 Å². The molecule has 6 nitrogen and oxygen atoms in total. The van der Waals surface area contributed by atoms with Gasteiger partial charge in [0.15, 0.2) is 11.5 Å². The van der Waals surface area contributed by atoms with Crippen LogP contribution in [0.1, 0.15) is 15.2 Å². The predicted molar refractivity (Wildman–Crippen MR) is 88.5 cm³/mol. The van der Waals surface area contributed by atoms with Gasteiger partial charge >= 0.3 is 0 Å². The number of rotatable bonds is 6. The Morgan fingerprint density at radius 1 is 1.17 bits per heavy atom. The van der Waals surface area contributed by atoms with Gasteiger partial charge in [-0.25, -0.2) is 0 Å². The van der Waals surface area contributed by atoms with Crippen molar-refractivity contribution in [3.8, 4) is 11.5 Å². The molecule has 2 amide bonds. The smallest absolute Gasteiger partial charge is 0.265 e. The second-order valence-electron chi connectivity index (χ2n) is 4.46. The average Bonchev–Trinajstić information content (AvgIpc) is 3.06. The van der Waals surface area contributed by atoms with Gasteiger partial charge in [0.05, 0.1) is 14.2 Å². The minimum absolute atomic E-state index is 0.0206. The minimum atomic E-state index is -0.716. The molecule has 0 atom stereocenters. The molecular formula is C16H16N2O4S. The van der Waals surface area contributed by atoms with Gasteiger partial charge in [0.25, 0.3) is 11.8 Å². The molecule has 0 radical (unpaired) electrons. The van der Waals surface area contributed by atoms with Crippen molar-refractivity contribution < 1.29 is 19.1 Å². The number of carbonyl (C=O) groups is 2. The van der Waals surface area contributed by atoms with Crippen molar-refractivity contribution in [1.29, 1.82) is 0 Å². The molecule has 1 aromatic heterocycles. The second kappa shape index (κ2) is 7.46. The van der Waals surface area contributed by atoms with E-state index in [9.17, 15) is 9.59 Å². The Kier molecular flexibility index (Phi) is 5.37. The standard InChI is InChI=1S/C16H16N2O4S/c1-21-13-6-5-10(8-14(13)22-2)16(20)18-12(15(17)19)9-11-4-3-7-23-11/h3-9H,1-2H3,(H2,17,19)(H,18,20)/b12-9-. The molecule has 0 aliphatic heterocycles. The normalized spacial score (nSPS) is 11.0. The lowest BCUT2D eigenvalue weighted by Gasteiger charge is -2.10. The van der Waals surface area contributed by atoms with Crippen LogP contribution >= 0.6 is 11.3 Å². The molecule has 0 unspecified atom stereocenters. The van der Waals surface area contributed by atoms with E-state index in [-0.39, 0.29) is 5.70 Å². The molecule has 2 aromatic rings. The van der Waals surface area contributed by atoms with Crippen LogP contribution < -0.4 is 20.5 Å². The SMILES string of the molecule is COc1ccc(C(=O)N/C(=C\c2cccs2)C(N)=O)cc1OC. The molecule has 2 rings (SSSR count). The first-order chi connectivity index (χ1) is 11.0. The van der Waals surface area contributed by atoms with E-state index in [1.54, 1.807) is 12.1 Å². The summed E-state index contributed by atoms with van der Waals surface area (Å²) >= 11 is 1.43. The van der Waals surface area contributed by atoms with Gasteiger partial charge < -0.3 is 20.5 Å². The Labute approximate surface area is 137 Å². The van der Waals surface area contributed by atoms with Crippen LogP contribution in [-0.2, 0) is 4.79 Å². The number of ether oxygens (including phenoxy) is 2. The molecule has 0 fully saturated rings. The molecule has 1 aromatic carbocycles. The third-order valence-electron chi connectivity index (χ3n) is 2.99. The van der Waals surface area contributed by atoms with Crippen LogP contribution in [0, 0.1) is 0 Å². The lowest BCUT2D eigenvalue weighted by atomic mass is 10.2. The highest BCUT2D eigenvalue weighted by Gasteiger charge is 2.14. The third-order valence-corrected chi connectivity index (χ3v) is 3.81. The van der Waals surface area contributed by atoms with Gasteiger partial charge in [0.2, 0.25) is 0 Å². The Hall–Kier alpha value is -2.80. The molecule has 0 saturated carbocycles. The quantitative estimate of drug-likeness (QED) is 0.792. The molecule has 0 aliphatic carbocycles. The van der Waals surface area contributed by atoms with Crippen LogP contribution in [0.2, 0.25) is 0 Å². The van der Waals surface area contributed by atoms with Gasteiger partial charge in [-0.05, 0) is 35.7 Å². The highest BCUT2D eigenvalue weighted by Crippen LogP contribution is 2.27. The van der Waals surface area contributed by atoms with Crippen LogP contribution in [0.25, 0.3) is 6.08 Å². The molecule has 0 bridgehead atoms. The van der Waals surface area contributed by atoms with E-state index in [1.807, 2.05) is 17.5 Å². The van der Waals surface area contributed by atoms with Crippen molar-refractivity contribution in [2.45, 2.75) is 0 Å². The van der Waals surface area contributed by atoms with Crippen molar-refractivity contribution in [2.75, 3.05) is 14.2 Å². The molecule has 3 N–H and O–H groups in total. The zero-order chi connectivity index (χ0) is 16.8. The molecule has 1 heterocycles. The number of nitrogens with one attached hydrogen (secondary N) is 1. The van der Waals surface area contributed by atoms with E-state index in [1.165, 1.54) is 37.7 Å². The van der Waals surface area contributed by atoms with E-state index in [0.29, 0.717) is 17.1 Å². The fourth-order valence-electron chi connectivity index (χ4n) is 1.86. The topological polar surface area (TPSA) is 90.6 Å². The number of thiophene rings is 1. The van der Waals surface area contributed by atoms with E-state index < -0.39 is 11.8 Å². The first-order valence-corrected chi connectivity index (χ1v) is 7.51. The fraction of sp³-hybridized carbons (Fsp3) is 0.125. The maximum absolute atomic E-state index is 12.3. The highest BCUT2D eigenvalue weighted by molar-refractivity contribution is 7.10. The summed E-state index contributed by atoms with van der Waals surface area (Å²) in [6.45, 7) is 0.